The standard InChI is InChI=1S/C16H31N5O2/c1-3-6-18-15(22)4-7-19-16(17-2)21-8-5-14(13-21)20-9-11-23-12-10-20/h14H,3-13H2,1-2H3,(H,17,19)(H,18,22). The van der Waals surface area contributed by atoms with Crippen LogP contribution < -0.4 is 10.6 Å². The first-order valence-electron chi connectivity index (χ1n) is 8.78. The second-order valence-corrected chi connectivity index (χ2v) is 6.11. The fourth-order valence-corrected chi connectivity index (χ4v) is 3.15. The van der Waals surface area contributed by atoms with Crippen molar-refractivity contribution >= 4 is 11.9 Å². The summed E-state index contributed by atoms with van der Waals surface area (Å²) in [5.41, 5.74) is 0. The van der Waals surface area contributed by atoms with Gasteiger partial charge in [0.2, 0.25) is 5.91 Å². The number of carbonyl (C=O) groups is 1. The van der Waals surface area contributed by atoms with Crippen molar-refractivity contribution in [2.75, 3.05) is 59.5 Å². The van der Waals surface area contributed by atoms with Crippen LogP contribution in [-0.2, 0) is 9.53 Å². The molecule has 1 atom stereocenters. The van der Waals surface area contributed by atoms with Gasteiger partial charge in [0, 0.05) is 58.8 Å². The van der Waals surface area contributed by atoms with Crippen molar-refractivity contribution in [3.63, 3.8) is 0 Å². The monoisotopic (exact) mass is 325 g/mol. The lowest BCUT2D eigenvalue weighted by atomic mass is 10.2. The van der Waals surface area contributed by atoms with Crippen molar-refractivity contribution in [3.8, 4) is 0 Å². The molecule has 0 bridgehead atoms. The van der Waals surface area contributed by atoms with E-state index in [0.29, 0.717) is 19.0 Å². The fourth-order valence-electron chi connectivity index (χ4n) is 3.15. The predicted molar refractivity (Wildman–Crippen MR) is 91.6 cm³/mol. The SMILES string of the molecule is CCCNC(=O)CCNC(=NC)N1CCC(N2CCOCC2)C1. The maximum absolute atomic E-state index is 11.6. The van der Waals surface area contributed by atoms with E-state index in [4.69, 9.17) is 4.74 Å². The van der Waals surface area contributed by atoms with E-state index in [1.165, 1.54) is 0 Å². The average Bonchev–Trinajstić information content (AvgIpc) is 3.07. The molecule has 2 rings (SSSR count). The van der Waals surface area contributed by atoms with Gasteiger partial charge in [0.25, 0.3) is 0 Å². The van der Waals surface area contributed by atoms with E-state index in [9.17, 15) is 4.79 Å². The number of rotatable bonds is 6. The third-order valence-corrected chi connectivity index (χ3v) is 4.44. The van der Waals surface area contributed by atoms with Gasteiger partial charge in [-0.2, -0.15) is 0 Å². The summed E-state index contributed by atoms with van der Waals surface area (Å²) in [6.45, 7) is 9.20. The zero-order chi connectivity index (χ0) is 16.5. The van der Waals surface area contributed by atoms with Crippen molar-refractivity contribution < 1.29 is 9.53 Å². The van der Waals surface area contributed by atoms with E-state index >= 15 is 0 Å². The molecule has 2 saturated heterocycles. The molecule has 0 saturated carbocycles. The van der Waals surface area contributed by atoms with Gasteiger partial charge in [-0.3, -0.25) is 14.7 Å². The van der Waals surface area contributed by atoms with E-state index in [1.807, 2.05) is 7.05 Å². The number of guanidine groups is 1. The van der Waals surface area contributed by atoms with Crippen molar-refractivity contribution in [1.82, 2.24) is 20.4 Å². The Morgan fingerprint density at radius 1 is 1.22 bits per heavy atom. The summed E-state index contributed by atoms with van der Waals surface area (Å²) < 4.78 is 5.43. The van der Waals surface area contributed by atoms with Crippen LogP contribution >= 0.6 is 0 Å². The number of morpholine rings is 1. The Bertz CT molecular complexity index is 396. The number of hydrogen-bond donors (Lipinski definition) is 2. The molecule has 0 aromatic carbocycles. The van der Waals surface area contributed by atoms with Crippen LogP contribution in [0.5, 0.6) is 0 Å². The minimum absolute atomic E-state index is 0.0995. The van der Waals surface area contributed by atoms with Crippen LogP contribution in [0.1, 0.15) is 26.2 Å². The molecule has 0 aromatic rings. The Morgan fingerprint density at radius 2 is 2.00 bits per heavy atom. The highest BCUT2D eigenvalue weighted by Gasteiger charge is 2.30. The zero-order valence-corrected chi connectivity index (χ0v) is 14.5. The van der Waals surface area contributed by atoms with Gasteiger partial charge >= 0.3 is 0 Å². The van der Waals surface area contributed by atoms with E-state index < -0.39 is 0 Å². The Kier molecular flexibility index (Phi) is 7.61. The molecule has 1 amide bonds. The van der Waals surface area contributed by atoms with Crippen LogP contribution in [0, 0.1) is 0 Å². The summed E-state index contributed by atoms with van der Waals surface area (Å²) in [5.74, 6) is 1.01. The highest BCUT2D eigenvalue weighted by molar-refractivity contribution is 5.81. The zero-order valence-electron chi connectivity index (χ0n) is 14.5. The molecule has 0 spiro atoms. The Labute approximate surface area is 139 Å². The molecule has 132 valence electrons. The summed E-state index contributed by atoms with van der Waals surface area (Å²) in [6.07, 6.45) is 2.62. The van der Waals surface area contributed by atoms with Gasteiger partial charge in [0.15, 0.2) is 5.96 Å². The number of carbonyl (C=O) groups excluding carboxylic acids is 1. The van der Waals surface area contributed by atoms with Crippen LogP contribution in [0.15, 0.2) is 4.99 Å². The molecule has 0 radical (unpaired) electrons. The first-order chi connectivity index (χ1) is 11.2. The van der Waals surface area contributed by atoms with Crippen LogP contribution in [0.2, 0.25) is 0 Å². The number of likely N-dealkylation sites (tertiary alicyclic amines) is 1. The number of hydrogen-bond acceptors (Lipinski definition) is 4. The molecule has 0 aromatic heterocycles. The van der Waals surface area contributed by atoms with Crippen molar-refractivity contribution in [2.24, 2.45) is 4.99 Å². The average molecular weight is 325 g/mol. The van der Waals surface area contributed by atoms with Crippen LogP contribution in [0.4, 0.5) is 0 Å². The molecule has 2 heterocycles. The first kappa shape index (κ1) is 18.0. The van der Waals surface area contributed by atoms with Gasteiger partial charge in [-0.05, 0) is 12.8 Å². The number of nitrogens with zero attached hydrogens (tertiary/aromatic N) is 3. The summed E-state index contributed by atoms with van der Waals surface area (Å²) in [6, 6.07) is 0.588. The third-order valence-electron chi connectivity index (χ3n) is 4.44. The molecule has 2 aliphatic heterocycles. The number of ether oxygens (including phenoxy) is 1. The first-order valence-corrected chi connectivity index (χ1v) is 8.78. The van der Waals surface area contributed by atoms with Crippen molar-refractivity contribution in [2.45, 2.75) is 32.2 Å². The van der Waals surface area contributed by atoms with E-state index in [-0.39, 0.29) is 5.91 Å². The molecule has 2 fully saturated rings. The minimum Gasteiger partial charge on any atom is -0.379 e. The van der Waals surface area contributed by atoms with Crippen molar-refractivity contribution in [3.05, 3.63) is 0 Å². The van der Waals surface area contributed by atoms with Gasteiger partial charge in [-0.15, -0.1) is 0 Å². The summed E-state index contributed by atoms with van der Waals surface area (Å²) in [7, 11) is 1.81. The Balaban J connectivity index is 1.70. The second-order valence-electron chi connectivity index (χ2n) is 6.11. The highest BCUT2D eigenvalue weighted by atomic mass is 16.5. The fraction of sp³-hybridized carbons (Fsp3) is 0.875. The Hall–Kier alpha value is -1.34. The van der Waals surface area contributed by atoms with E-state index in [2.05, 4.69) is 32.3 Å². The molecular formula is C16H31N5O2. The summed E-state index contributed by atoms with van der Waals surface area (Å²) >= 11 is 0. The molecule has 0 aliphatic carbocycles. The lowest BCUT2D eigenvalue weighted by Crippen LogP contribution is -2.47. The van der Waals surface area contributed by atoms with E-state index in [0.717, 1.165) is 64.7 Å². The molecule has 2 aliphatic rings. The number of amides is 1. The summed E-state index contributed by atoms with van der Waals surface area (Å²) in [5, 5.41) is 6.21. The third kappa shape index (κ3) is 5.66. The van der Waals surface area contributed by atoms with Gasteiger partial charge in [0.1, 0.15) is 0 Å². The van der Waals surface area contributed by atoms with Crippen molar-refractivity contribution in [1.29, 1.82) is 0 Å². The normalized spacial score (nSPS) is 23.1. The van der Waals surface area contributed by atoms with Crippen LogP contribution in [-0.4, -0.2) is 87.2 Å². The van der Waals surface area contributed by atoms with Crippen LogP contribution in [0.3, 0.4) is 0 Å². The second kappa shape index (κ2) is 9.72. The summed E-state index contributed by atoms with van der Waals surface area (Å²) in [4.78, 5) is 20.8. The quantitative estimate of drug-likeness (QED) is 0.527. The minimum atomic E-state index is 0.0995. The molecule has 7 heteroatoms. The predicted octanol–water partition coefficient (Wildman–Crippen LogP) is -0.115. The maximum Gasteiger partial charge on any atom is 0.221 e. The van der Waals surface area contributed by atoms with E-state index in [1.54, 1.807) is 0 Å². The largest absolute Gasteiger partial charge is 0.379 e. The smallest absolute Gasteiger partial charge is 0.221 e. The number of aliphatic imine (C=N–C) groups is 1. The molecule has 7 nitrogen and oxygen atoms in total. The molecular weight excluding hydrogens is 294 g/mol. The van der Waals surface area contributed by atoms with Crippen LogP contribution in [0.25, 0.3) is 0 Å². The van der Waals surface area contributed by atoms with Gasteiger partial charge in [0.05, 0.1) is 13.2 Å². The molecule has 1 unspecified atom stereocenters. The molecule has 2 N–H and O–H groups in total. The maximum atomic E-state index is 11.6. The van der Waals surface area contributed by atoms with Gasteiger partial charge < -0.3 is 20.3 Å². The topological polar surface area (TPSA) is 69.2 Å². The Morgan fingerprint density at radius 3 is 2.70 bits per heavy atom. The highest BCUT2D eigenvalue weighted by Crippen LogP contribution is 2.16. The number of nitrogens with one attached hydrogen (secondary N) is 2. The molecule has 23 heavy (non-hydrogen) atoms. The van der Waals surface area contributed by atoms with Gasteiger partial charge in [-0.25, -0.2) is 0 Å². The lowest BCUT2D eigenvalue weighted by molar-refractivity contribution is -0.120. The lowest BCUT2D eigenvalue weighted by Gasteiger charge is -2.32. The van der Waals surface area contributed by atoms with Gasteiger partial charge in [-0.1, -0.05) is 6.92 Å².